The monoisotopic (exact) mass is 336 g/mol. The second kappa shape index (κ2) is 9.80. The van der Waals surface area contributed by atoms with E-state index in [9.17, 15) is 0 Å². The third-order valence-electron chi connectivity index (χ3n) is 3.93. The van der Waals surface area contributed by atoms with Gasteiger partial charge in [0.05, 0.1) is 12.3 Å². The molecule has 0 aliphatic rings. The summed E-state index contributed by atoms with van der Waals surface area (Å²) < 4.78 is 5.17. The fraction of sp³-hybridized carbons (Fsp3) is 0.318. The molecule has 0 atom stereocenters. The second-order valence-electron chi connectivity index (χ2n) is 6.49. The van der Waals surface area contributed by atoms with Crippen LogP contribution in [0, 0.1) is 5.92 Å². The summed E-state index contributed by atoms with van der Waals surface area (Å²) in [5.74, 6) is 0.442. The van der Waals surface area contributed by atoms with E-state index in [1.54, 1.807) is 7.11 Å². The number of benzene rings is 2. The molecule has 0 saturated heterocycles. The summed E-state index contributed by atoms with van der Waals surface area (Å²) in [7, 11) is 1.73. The van der Waals surface area contributed by atoms with E-state index < -0.39 is 0 Å². The summed E-state index contributed by atoms with van der Waals surface area (Å²) in [5, 5.41) is 4.22. The van der Waals surface area contributed by atoms with Crippen LogP contribution < -0.4 is 5.43 Å². The van der Waals surface area contributed by atoms with Crippen LogP contribution in [0.2, 0.25) is 0 Å². The molecule has 3 heteroatoms. The first kappa shape index (κ1) is 18.9. The topological polar surface area (TPSA) is 33.6 Å². The van der Waals surface area contributed by atoms with Gasteiger partial charge in [0.2, 0.25) is 0 Å². The highest BCUT2D eigenvalue weighted by Gasteiger charge is 2.03. The second-order valence-corrected chi connectivity index (χ2v) is 6.49. The molecule has 0 bridgehead atoms. The van der Waals surface area contributed by atoms with E-state index in [4.69, 9.17) is 4.74 Å². The van der Waals surface area contributed by atoms with E-state index in [1.807, 2.05) is 12.3 Å². The van der Waals surface area contributed by atoms with Crippen molar-refractivity contribution in [3.63, 3.8) is 0 Å². The normalized spacial score (nSPS) is 11.2. The van der Waals surface area contributed by atoms with Crippen molar-refractivity contribution in [1.29, 1.82) is 0 Å². The molecule has 0 aliphatic carbocycles. The summed E-state index contributed by atoms with van der Waals surface area (Å²) in [6.45, 7) is 8.87. The number of hydrogen-bond donors (Lipinski definition) is 1. The molecule has 2 rings (SSSR count). The maximum absolute atomic E-state index is 5.17. The predicted octanol–water partition coefficient (Wildman–Crippen LogP) is 5.16. The number of ether oxygens (including phenoxy) is 1. The Morgan fingerprint density at radius 1 is 1.12 bits per heavy atom. The van der Waals surface area contributed by atoms with Crippen molar-refractivity contribution in [2.75, 3.05) is 19.1 Å². The summed E-state index contributed by atoms with van der Waals surface area (Å²) in [6.07, 6.45) is 5.64. The minimum atomic E-state index is 0.442. The Morgan fingerprint density at radius 2 is 1.84 bits per heavy atom. The van der Waals surface area contributed by atoms with Gasteiger partial charge in [-0.2, -0.15) is 5.10 Å². The maximum Gasteiger partial charge on any atom is 0.0561 e. The minimum Gasteiger partial charge on any atom is -0.384 e. The molecule has 0 saturated carbocycles. The zero-order valence-corrected chi connectivity index (χ0v) is 15.5. The molecule has 0 fully saturated rings. The third kappa shape index (κ3) is 6.20. The fourth-order valence-electron chi connectivity index (χ4n) is 2.58. The summed E-state index contributed by atoms with van der Waals surface area (Å²) >= 11 is 0. The molecule has 0 aliphatic heterocycles. The molecule has 2 aromatic rings. The van der Waals surface area contributed by atoms with Crippen molar-refractivity contribution < 1.29 is 4.74 Å². The third-order valence-corrected chi connectivity index (χ3v) is 3.93. The number of anilines is 1. The zero-order valence-electron chi connectivity index (χ0n) is 15.5. The van der Waals surface area contributed by atoms with E-state index in [-0.39, 0.29) is 0 Å². The Hall–Kier alpha value is -2.39. The van der Waals surface area contributed by atoms with Crippen LogP contribution in [0.3, 0.4) is 0 Å². The smallest absolute Gasteiger partial charge is 0.0561 e. The van der Waals surface area contributed by atoms with Crippen molar-refractivity contribution in [2.24, 2.45) is 11.0 Å². The van der Waals surface area contributed by atoms with Gasteiger partial charge in [-0.25, -0.2) is 0 Å². The molecule has 132 valence electrons. The van der Waals surface area contributed by atoms with Crippen LogP contribution in [0.4, 0.5) is 5.69 Å². The molecule has 2 aromatic carbocycles. The molecule has 0 amide bonds. The highest BCUT2D eigenvalue weighted by molar-refractivity contribution is 5.61. The van der Waals surface area contributed by atoms with Gasteiger partial charge in [-0.1, -0.05) is 56.8 Å². The summed E-state index contributed by atoms with van der Waals surface area (Å²) in [5.41, 5.74) is 9.09. The van der Waals surface area contributed by atoms with Crippen molar-refractivity contribution in [3.8, 4) is 0 Å². The van der Waals surface area contributed by atoms with E-state index in [2.05, 4.69) is 73.4 Å². The molecular weight excluding hydrogens is 308 g/mol. The van der Waals surface area contributed by atoms with E-state index >= 15 is 0 Å². The van der Waals surface area contributed by atoms with Gasteiger partial charge in [-0.3, -0.25) is 5.43 Å². The number of hydrogen-bond acceptors (Lipinski definition) is 3. The van der Waals surface area contributed by atoms with Crippen molar-refractivity contribution in [2.45, 2.75) is 26.7 Å². The van der Waals surface area contributed by atoms with Crippen LogP contribution in [0.5, 0.6) is 0 Å². The SMILES string of the molecule is C=Cc1cc(Cc2ccc(N/N=C\C(C)C)cc2)ccc1CCOC. The zero-order chi connectivity index (χ0) is 18.1. The van der Waals surface area contributed by atoms with Crippen LogP contribution in [0.15, 0.2) is 54.1 Å². The average molecular weight is 336 g/mol. The molecule has 0 unspecified atom stereocenters. The molecule has 0 heterocycles. The summed E-state index contributed by atoms with van der Waals surface area (Å²) in [4.78, 5) is 0. The lowest BCUT2D eigenvalue weighted by molar-refractivity contribution is 0.202. The molecule has 0 spiro atoms. The van der Waals surface area contributed by atoms with Crippen LogP contribution in [0.25, 0.3) is 6.08 Å². The first-order valence-electron chi connectivity index (χ1n) is 8.73. The number of nitrogens with one attached hydrogen (secondary N) is 1. The van der Waals surface area contributed by atoms with Gasteiger partial charge < -0.3 is 4.74 Å². The Kier molecular flexibility index (Phi) is 7.42. The number of hydrazone groups is 1. The van der Waals surface area contributed by atoms with E-state index in [0.29, 0.717) is 5.92 Å². The Labute approximate surface area is 151 Å². The molecule has 1 N–H and O–H groups in total. The highest BCUT2D eigenvalue weighted by atomic mass is 16.5. The Balaban J connectivity index is 2.02. The van der Waals surface area contributed by atoms with Gasteiger partial charge in [-0.15, -0.1) is 0 Å². The van der Waals surface area contributed by atoms with Gasteiger partial charge in [0.15, 0.2) is 0 Å². The largest absolute Gasteiger partial charge is 0.384 e. The molecule has 0 aromatic heterocycles. The van der Waals surface area contributed by atoms with E-state index in [1.165, 1.54) is 22.3 Å². The first-order chi connectivity index (χ1) is 12.1. The summed E-state index contributed by atoms with van der Waals surface area (Å²) in [6, 6.07) is 15.0. The fourth-order valence-corrected chi connectivity index (χ4v) is 2.58. The first-order valence-corrected chi connectivity index (χ1v) is 8.73. The molecule has 25 heavy (non-hydrogen) atoms. The molecule has 3 nitrogen and oxygen atoms in total. The van der Waals surface area contributed by atoms with Crippen LogP contribution in [-0.2, 0) is 17.6 Å². The van der Waals surface area contributed by atoms with Gasteiger partial charge in [0.25, 0.3) is 0 Å². The van der Waals surface area contributed by atoms with Gasteiger partial charge in [0.1, 0.15) is 0 Å². The van der Waals surface area contributed by atoms with Crippen LogP contribution in [0.1, 0.15) is 36.1 Å². The lowest BCUT2D eigenvalue weighted by Crippen LogP contribution is -1.98. The Morgan fingerprint density at radius 3 is 2.48 bits per heavy atom. The lowest BCUT2D eigenvalue weighted by Gasteiger charge is -2.09. The van der Waals surface area contributed by atoms with Crippen LogP contribution >= 0.6 is 0 Å². The number of methoxy groups -OCH3 is 1. The van der Waals surface area contributed by atoms with Gasteiger partial charge in [0, 0.05) is 13.3 Å². The minimum absolute atomic E-state index is 0.442. The Bertz CT molecular complexity index is 702. The average Bonchev–Trinajstić information content (AvgIpc) is 2.61. The van der Waals surface area contributed by atoms with Gasteiger partial charge >= 0.3 is 0 Å². The molecular formula is C22H28N2O. The van der Waals surface area contributed by atoms with Crippen molar-refractivity contribution in [3.05, 3.63) is 71.3 Å². The quantitative estimate of drug-likeness (QED) is 0.507. The van der Waals surface area contributed by atoms with Gasteiger partial charge in [-0.05, 0) is 53.1 Å². The highest BCUT2D eigenvalue weighted by Crippen LogP contribution is 2.18. The molecule has 0 radical (unpaired) electrons. The van der Waals surface area contributed by atoms with E-state index in [0.717, 1.165) is 25.1 Å². The number of nitrogens with zero attached hydrogens (tertiary/aromatic N) is 1. The number of rotatable bonds is 9. The van der Waals surface area contributed by atoms with Crippen molar-refractivity contribution in [1.82, 2.24) is 0 Å². The van der Waals surface area contributed by atoms with Crippen molar-refractivity contribution >= 4 is 18.0 Å². The lowest BCUT2D eigenvalue weighted by atomic mass is 9.98. The standard InChI is InChI=1S/C22H28N2O/c1-5-20-15-19(6-9-21(20)12-13-25-4)14-18-7-10-22(11-8-18)24-23-16-17(2)3/h5-11,15-17,24H,1,12-14H2,2-4H3/b23-16-. The van der Waals surface area contributed by atoms with Crippen LogP contribution in [-0.4, -0.2) is 19.9 Å². The maximum atomic E-state index is 5.17. The predicted molar refractivity (Wildman–Crippen MR) is 108 cm³/mol.